The predicted molar refractivity (Wildman–Crippen MR) is 81.5 cm³/mol. The Bertz CT molecular complexity index is 830. The summed E-state index contributed by atoms with van der Waals surface area (Å²) in [6.07, 6.45) is 3.03. The molecule has 0 unspecified atom stereocenters. The maximum atomic E-state index is 11.8. The zero-order valence-corrected chi connectivity index (χ0v) is 11.5. The van der Waals surface area contributed by atoms with Crippen molar-refractivity contribution in [1.82, 2.24) is 9.97 Å². The number of benzene rings is 1. The molecule has 1 aliphatic heterocycles. The fourth-order valence-electron chi connectivity index (χ4n) is 2.84. The van der Waals surface area contributed by atoms with E-state index < -0.39 is 0 Å². The van der Waals surface area contributed by atoms with Crippen molar-refractivity contribution >= 4 is 16.8 Å². The fourth-order valence-corrected chi connectivity index (χ4v) is 2.84. The first-order valence-electron chi connectivity index (χ1n) is 7.17. The summed E-state index contributed by atoms with van der Waals surface area (Å²) in [5, 5.41) is 4.27. The summed E-state index contributed by atoms with van der Waals surface area (Å²) in [6, 6.07) is 9.80. The van der Waals surface area contributed by atoms with E-state index in [1.807, 2.05) is 30.3 Å². The van der Waals surface area contributed by atoms with Crippen LogP contribution in [-0.4, -0.2) is 16.5 Å². The van der Waals surface area contributed by atoms with Gasteiger partial charge in [-0.05, 0) is 31.4 Å². The maximum Gasteiger partial charge on any atom is 0.347 e. The Hall–Kier alpha value is -2.56. The summed E-state index contributed by atoms with van der Waals surface area (Å²) in [5.74, 6) is 1.38. The van der Waals surface area contributed by atoms with Crippen LogP contribution in [-0.2, 0) is 6.42 Å². The first kappa shape index (κ1) is 12.2. The molecule has 3 heterocycles. The second-order valence-electron chi connectivity index (χ2n) is 5.28. The minimum atomic E-state index is -0.349. The molecule has 2 aromatic heterocycles. The van der Waals surface area contributed by atoms with E-state index in [0.29, 0.717) is 11.6 Å². The van der Waals surface area contributed by atoms with Crippen LogP contribution in [0, 0.1) is 0 Å². The summed E-state index contributed by atoms with van der Waals surface area (Å²) < 4.78 is 5.89. The smallest absolute Gasteiger partial charge is 0.347 e. The molecule has 0 bridgehead atoms. The summed E-state index contributed by atoms with van der Waals surface area (Å²) >= 11 is 0. The van der Waals surface area contributed by atoms with E-state index in [0.717, 1.165) is 48.0 Å². The number of para-hydroxylation sites is 1. The minimum Gasteiger partial charge on any atom is -0.455 e. The lowest BCUT2D eigenvalue weighted by molar-refractivity contribution is 0.626. The fraction of sp³-hybridized carbons (Fsp3) is 0.250. The lowest BCUT2D eigenvalue weighted by Crippen LogP contribution is -2.16. The number of rotatable bonds is 1. The summed E-state index contributed by atoms with van der Waals surface area (Å²) in [6.45, 7) is 0.850. The van der Waals surface area contributed by atoms with Crippen LogP contribution in [0.4, 0.5) is 5.82 Å². The first-order valence-corrected chi connectivity index (χ1v) is 7.17. The van der Waals surface area contributed by atoms with Gasteiger partial charge in [-0.15, -0.1) is 0 Å². The molecule has 0 amide bonds. The zero-order valence-electron chi connectivity index (χ0n) is 11.5. The molecule has 0 radical (unpaired) electrons. The minimum absolute atomic E-state index is 0.349. The van der Waals surface area contributed by atoms with Gasteiger partial charge in [0.15, 0.2) is 5.76 Å². The molecule has 0 aliphatic carbocycles. The van der Waals surface area contributed by atoms with Crippen LogP contribution in [0.2, 0.25) is 0 Å². The van der Waals surface area contributed by atoms with E-state index >= 15 is 0 Å². The lowest BCUT2D eigenvalue weighted by Gasteiger charge is -2.09. The molecule has 1 aliphatic rings. The number of nitrogens with one attached hydrogen (secondary N) is 2. The van der Waals surface area contributed by atoms with Gasteiger partial charge in [0.05, 0.1) is 5.69 Å². The Morgan fingerprint density at radius 1 is 1.19 bits per heavy atom. The molecule has 0 spiro atoms. The van der Waals surface area contributed by atoms with Gasteiger partial charge in [-0.25, -0.2) is 4.79 Å². The summed E-state index contributed by atoms with van der Waals surface area (Å²) in [7, 11) is 0. The number of furan rings is 1. The summed E-state index contributed by atoms with van der Waals surface area (Å²) in [5.41, 5.74) is 2.25. The van der Waals surface area contributed by atoms with Gasteiger partial charge in [-0.1, -0.05) is 18.2 Å². The molecule has 3 aromatic rings. The van der Waals surface area contributed by atoms with Gasteiger partial charge in [0.2, 0.25) is 0 Å². The molecule has 21 heavy (non-hydrogen) atoms. The average molecular weight is 281 g/mol. The SMILES string of the molecule is O=c1nc2c(c(-c3cc4ccccc4o3)[nH]1)CCCCN2. The van der Waals surface area contributed by atoms with Crippen molar-refractivity contribution < 1.29 is 4.42 Å². The predicted octanol–water partition coefficient (Wildman–Crippen LogP) is 2.93. The maximum absolute atomic E-state index is 11.8. The van der Waals surface area contributed by atoms with Crippen LogP contribution in [0.1, 0.15) is 18.4 Å². The molecule has 2 N–H and O–H groups in total. The van der Waals surface area contributed by atoms with Crippen LogP contribution in [0.3, 0.4) is 0 Å². The largest absolute Gasteiger partial charge is 0.455 e. The van der Waals surface area contributed by atoms with Gasteiger partial charge >= 0.3 is 5.69 Å². The topological polar surface area (TPSA) is 70.9 Å². The van der Waals surface area contributed by atoms with Crippen LogP contribution in [0.15, 0.2) is 39.5 Å². The number of aromatic nitrogens is 2. The van der Waals surface area contributed by atoms with Crippen LogP contribution in [0.25, 0.3) is 22.4 Å². The quantitative estimate of drug-likeness (QED) is 0.719. The number of hydrogen-bond donors (Lipinski definition) is 2. The van der Waals surface area contributed by atoms with Gasteiger partial charge in [0.1, 0.15) is 11.4 Å². The molecule has 4 rings (SSSR count). The van der Waals surface area contributed by atoms with E-state index in [4.69, 9.17) is 4.42 Å². The van der Waals surface area contributed by atoms with Crippen LogP contribution >= 0.6 is 0 Å². The Labute approximate surface area is 121 Å². The highest BCUT2D eigenvalue weighted by molar-refractivity contribution is 5.83. The molecule has 5 heteroatoms. The van der Waals surface area contributed by atoms with Crippen molar-refractivity contribution in [3.8, 4) is 11.5 Å². The van der Waals surface area contributed by atoms with Gasteiger partial charge in [-0.2, -0.15) is 4.98 Å². The van der Waals surface area contributed by atoms with E-state index in [1.54, 1.807) is 0 Å². The third kappa shape index (κ3) is 2.11. The van der Waals surface area contributed by atoms with E-state index in [1.165, 1.54) is 0 Å². The third-order valence-corrected chi connectivity index (χ3v) is 3.85. The Morgan fingerprint density at radius 2 is 2.10 bits per heavy atom. The normalized spacial score (nSPS) is 14.5. The Balaban J connectivity index is 1.95. The van der Waals surface area contributed by atoms with Crippen molar-refractivity contribution in [2.75, 3.05) is 11.9 Å². The number of H-pyrrole nitrogens is 1. The van der Waals surface area contributed by atoms with Crippen molar-refractivity contribution in [2.45, 2.75) is 19.3 Å². The van der Waals surface area contributed by atoms with Gasteiger partial charge in [-0.3, -0.25) is 0 Å². The number of fused-ring (bicyclic) bond motifs is 2. The molecule has 0 atom stereocenters. The molecule has 0 fully saturated rings. The zero-order chi connectivity index (χ0) is 14.2. The Morgan fingerprint density at radius 3 is 3.00 bits per heavy atom. The molecule has 106 valence electrons. The monoisotopic (exact) mass is 281 g/mol. The standard InChI is InChI=1S/C16H15N3O2/c20-16-18-14(11-6-3-4-8-17-15(11)19-16)13-9-10-5-1-2-7-12(10)21-13/h1-2,5,7,9H,3-4,6,8H2,(H2,17,18,19,20). The van der Waals surface area contributed by atoms with E-state index in [2.05, 4.69) is 15.3 Å². The molecule has 1 aromatic carbocycles. The lowest BCUT2D eigenvalue weighted by atomic mass is 10.1. The highest BCUT2D eigenvalue weighted by atomic mass is 16.3. The molecule has 5 nitrogen and oxygen atoms in total. The van der Waals surface area contributed by atoms with E-state index in [9.17, 15) is 4.79 Å². The van der Waals surface area contributed by atoms with E-state index in [-0.39, 0.29) is 5.69 Å². The van der Waals surface area contributed by atoms with Crippen molar-refractivity contribution in [3.63, 3.8) is 0 Å². The molecule has 0 saturated heterocycles. The summed E-state index contributed by atoms with van der Waals surface area (Å²) in [4.78, 5) is 18.7. The number of hydrogen-bond acceptors (Lipinski definition) is 4. The van der Waals surface area contributed by atoms with Crippen molar-refractivity contribution in [2.24, 2.45) is 0 Å². The highest BCUT2D eigenvalue weighted by Crippen LogP contribution is 2.31. The second kappa shape index (κ2) is 4.77. The third-order valence-electron chi connectivity index (χ3n) is 3.85. The first-order chi connectivity index (χ1) is 10.3. The van der Waals surface area contributed by atoms with Crippen molar-refractivity contribution in [3.05, 3.63) is 46.4 Å². The Kier molecular flexibility index (Phi) is 2.77. The van der Waals surface area contributed by atoms with Gasteiger partial charge in [0.25, 0.3) is 0 Å². The average Bonchev–Trinajstić information content (AvgIpc) is 2.78. The number of aromatic amines is 1. The van der Waals surface area contributed by atoms with Gasteiger partial charge < -0.3 is 14.7 Å². The second-order valence-corrected chi connectivity index (χ2v) is 5.28. The molecular weight excluding hydrogens is 266 g/mol. The van der Waals surface area contributed by atoms with Gasteiger partial charge in [0, 0.05) is 17.5 Å². The molecule has 0 saturated carbocycles. The number of nitrogens with zero attached hydrogens (tertiary/aromatic N) is 1. The highest BCUT2D eigenvalue weighted by Gasteiger charge is 2.18. The van der Waals surface area contributed by atoms with Crippen LogP contribution < -0.4 is 11.0 Å². The van der Waals surface area contributed by atoms with Crippen LogP contribution in [0.5, 0.6) is 0 Å². The molecular formula is C16H15N3O2. The van der Waals surface area contributed by atoms with Crippen molar-refractivity contribution in [1.29, 1.82) is 0 Å². The number of anilines is 1.